The Morgan fingerprint density at radius 1 is 1.07 bits per heavy atom. The van der Waals surface area contributed by atoms with Crippen LogP contribution in [-0.4, -0.2) is 42.5 Å². The zero-order valence-electron chi connectivity index (χ0n) is 24.0. The number of carbonyl (C=O) groups excluding carboxylic acids is 2. The predicted molar refractivity (Wildman–Crippen MR) is 161 cm³/mol. The van der Waals surface area contributed by atoms with Crippen molar-refractivity contribution >= 4 is 34.0 Å². The van der Waals surface area contributed by atoms with Crippen LogP contribution in [0.25, 0.3) is 5.69 Å². The Bertz CT molecular complexity index is 1550. The molecule has 2 aromatic heterocycles. The van der Waals surface area contributed by atoms with Crippen LogP contribution in [-0.2, 0) is 16.1 Å². The van der Waals surface area contributed by atoms with Crippen LogP contribution in [0.2, 0.25) is 0 Å². The van der Waals surface area contributed by atoms with E-state index >= 15 is 0 Å². The van der Waals surface area contributed by atoms with Gasteiger partial charge in [0, 0.05) is 27.1 Å². The molecule has 4 rings (SSSR count). The average molecular weight is 639 g/mol. The molecule has 10 nitrogen and oxygen atoms in total. The van der Waals surface area contributed by atoms with E-state index in [0.717, 1.165) is 17.1 Å². The van der Waals surface area contributed by atoms with E-state index in [1.165, 1.54) is 13.3 Å². The molecule has 0 radical (unpaired) electrons. The number of benzene rings is 2. The summed E-state index contributed by atoms with van der Waals surface area (Å²) in [4.78, 5) is 24.7. The molecule has 0 bridgehead atoms. The average Bonchev–Trinajstić information content (AvgIpc) is 3.59. The first kappa shape index (κ1) is 30.4. The molecule has 0 fully saturated rings. The molecule has 42 heavy (non-hydrogen) atoms. The van der Waals surface area contributed by atoms with Crippen LogP contribution in [0.4, 0.5) is 0 Å². The Hall–Kier alpha value is -4.51. The summed E-state index contributed by atoms with van der Waals surface area (Å²) in [6, 6.07) is 18.5. The monoisotopic (exact) mass is 637 g/mol. The van der Waals surface area contributed by atoms with Crippen LogP contribution < -0.4 is 19.6 Å². The SMILES string of the molecule is CCOC(=O)[C@H](C)Oc1c(/C=N/NC(=O)c2ccc(COc3ccc(-n4c(C)ccc4C)cc3)o2)cc(Br)cc1OC. The third-order valence-corrected chi connectivity index (χ3v) is 6.64. The van der Waals surface area contributed by atoms with E-state index in [9.17, 15) is 9.59 Å². The van der Waals surface area contributed by atoms with Gasteiger partial charge in [-0.1, -0.05) is 15.9 Å². The Labute approximate surface area is 252 Å². The van der Waals surface area contributed by atoms with E-state index in [-0.39, 0.29) is 24.7 Å². The highest BCUT2D eigenvalue weighted by Gasteiger charge is 2.21. The summed E-state index contributed by atoms with van der Waals surface area (Å²) in [6.07, 6.45) is 0.488. The van der Waals surface area contributed by atoms with Gasteiger partial charge in [-0.2, -0.15) is 5.10 Å². The van der Waals surface area contributed by atoms with E-state index < -0.39 is 18.0 Å². The Morgan fingerprint density at radius 2 is 1.79 bits per heavy atom. The van der Waals surface area contributed by atoms with Gasteiger partial charge in [0.15, 0.2) is 23.4 Å². The molecule has 0 aliphatic rings. The zero-order chi connectivity index (χ0) is 30.2. The summed E-state index contributed by atoms with van der Waals surface area (Å²) in [5, 5.41) is 4.04. The number of hydrazone groups is 1. The van der Waals surface area contributed by atoms with Crippen LogP contribution in [0.1, 0.15) is 47.1 Å². The Balaban J connectivity index is 1.37. The molecule has 0 aliphatic carbocycles. The molecule has 11 heteroatoms. The number of halogens is 1. The van der Waals surface area contributed by atoms with Crippen molar-refractivity contribution in [2.75, 3.05) is 13.7 Å². The third kappa shape index (κ3) is 7.41. The van der Waals surface area contributed by atoms with Crippen molar-refractivity contribution in [1.29, 1.82) is 0 Å². The highest BCUT2D eigenvalue weighted by molar-refractivity contribution is 9.10. The van der Waals surface area contributed by atoms with E-state index in [1.807, 2.05) is 24.3 Å². The van der Waals surface area contributed by atoms with Gasteiger partial charge < -0.3 is 27.9 Å². The fourth-order valence-electron chi connectivity index (χ4n) is 4.16. The second kappa shape index (κ2) is 13.9. The number of aryl methyl sites for hydroxylation is 2. The summed E-state index contributed by atoms with van der Waals surface area (Å²) >= 11 is 3.41. The highest BCUT2D eigenvalue weighted by Crippen LogP contribution is 2.35. The number of carbonyl (C=O) groups is 2. The quantitative estimate of drug-likeness (QED) is 0.113. The maximum absolute atomic E-state index is 12.7. The largest absolute Gasteiger partial charge is 0.493 e. The summed E-state index contributed by atoms with van der Waals surface area (Å²) in [6.45, 7) is 7.78. The second-order valence-electron chi connectivity index (χ2n) is 9.24. The Morgan fingerprint density at radius 3 is 2.45 bits per heavy atom. The molecule has 4 aromatic rings. The van der Waals surface area contributed by atoms with E-state index in [2.05, 4.69) is 57.0 Å². The molecule has 0 aliphatic heterocycles. The number of ether oxygens (including phenoxy) is 4. The lowest BCUT2D eigenvalue weighted by atomic mass is 10.2. The third-order valence-electron chi connectivity index (χ3n) is 6.18. The summed E-state index contributed by atoms with van der Waals surface area (Å²) < 4.78 is 30.6. The van der Waals surface area contributed by atoms with Gasteiger partial charge in [0.2, 0.25) is 0 Å². The van der Waals surface area contributed by atoms with Crippen molar-refractivity contribution in [3.63, 3.8) is 0 Å². The number of aromatic nitrogens is 1. The maximum atomic E-state index is 12.7. The lowest BCUT2D eigenvalue weighted by molar-refractivity contribution is -0.150. The normalized spacial score (nSPS) is 11.8. The molecule has 1 N–H and O–H groups in total. The molecule has 1 atom stereocenters. The minimum Gasteiger partial charge on any atom is -0.493 e. The van der Waals surface area contributed by atoms with Crippen LogP contribution in [0, 0.1) is 13.8 Å². The minimum atomic E-state index is -0.892. The van der Waals surface area contributed by atoms with Gasteiger partial charge in [0.25, 0.3) is 0 Å². The number of rotatable bonds is 12. The minimum absolute atomic E-state index is 0.0684. The van der Waals surface area contributed by atoms with Crippen LogP contribution >= 0.6 is 15.9 Å². The predicted octanol–water partition coefficient (Wildman–Crippen LogP) is 6.13. The van der Waals surface area contributed by atoms with Gasteiger partial charge in [-0.25, -0.2) is 10.2 Å². The maximum Gasteiger partial charge on any atom is 0.347 e. The molecule has 0 spiro atoms. The first-order valence-electron chi connectivity index (χ1n) is 13.2. The molecule has 2 heterocycles. The number of esters is 1. The van der Waals surface area contributed by atoms with Crippen molar-refractivity contribution in [1.82, 2.24) is 9.99 Å². The van der Waals surface area contributed by atoms with Gasteiger partial charge in [-0.05, 0) is 88.4 Å². The van der Waals surface area contributed by atoms with Crippen molar-refractivity contribution in [2.45, 2.75) is 40.4 Å². The van der Waals surface area contributed by atoms with Gasteiger partial charge in [-0.15, -0.1) is 0 Å². The molecule has 0 saturated heterocycles. The fourth-order valence-corrected chi connectivity index (χ4v) is 4.62. The van der Waals surface area contributed by atoms with E-state index in [1.54, 1.807) is 38.1 Å². The van der Waals surface area contributed by atoms with Crippen molar-refractivity contribution in [3.05, 3.63) is 93.6 Å². The molecular formula is C31H32BrN3O7. The van der Waals surface area contributed by atoms with E-state index in [0.29, 0.717) is 27.3 Å². The lowest BCUT2D eigenvalue weighted by Gasteiger charge is -2.18. The lowest BCUT2D eigenvalue weighted by Crippen LogP contribution is -2.26. The second-order valence-corrected chi connectivity index (χ2v) is 10.2. The molecular weight excluding hydrogens is 606 g/mol. The number of hydrogen-bond acceptors (Lipinski definition) is 8. The fraction of sp³-hybridized carbons (Fsp3) is 0.258. The van der Waals surface area contributed by atoms with Crippen molar-refractivity contribution in [3.8, 4) is 22.9 Å². The van der Waals surface area contributed by atoms with Gasteiger partial charge in [0.1, 0.15) is 18.1 Å². The topological polar surface area (TPSA) is 114 Å². The standard InChI is InChI=1S/C31H32BrN3O7/c1-6-39-31(37)21(4)41-29-22(15-23(32)16-28(29)38-5)17-33-34-30(36)27-14-13-26(42-27)18-40-25-11-9-24(10-12-25)35-19(2)7-8-20(35)3/h7-17,21H,6,18H2,1-5H3,(H,34,36)/b33-17+/t21-/m0/s1. The van der Waals surface area contributed by atoms with Crippen LogP contribution in [0.5, 0.6) is 17.2 Å². The van der Waals surface area contributed by atoms with Crippen molar-refractivity contribution in [2.24, 2.45) is 5.10 Å². The number of methoxy groups -OCH3 is 1. The first-order valence-corrected chi connectivity index (χ1v) is 14.0. The van der Waals surface area contributed by atoms with Gasteiger partial charge in [-0.3, -0.25) is 4.79 Å². The zero-order valence-corrected chi connectivity index (χ0v) is 25.6. The van der Waals surface area contributed by atoms with Gasteiger partial charge in [0.05, 0.1) is 19.9 Å². The van der Waals surface area contributed by atoms with Gasteiger partial charge >= 0.3 is 11.9 Å². The number of hydrogen-bond donors (Lipinski definition) is 1. The highest BCUT2D eigenvalue weighted by atomic mass is 79.9. The van der Waals surface area contributed by atoms with Crippen LogP contribution in [0.3, 0.4) is 0 Å². The molecule has 0 unspecified atom stereocenters. The summed E-state index contributed by atoms with van der Waals surface area (Å²) in [5.74, 6) is 0.786. The Kier molecular flexibility index (Phi) is 10.1. The summed E-state index contributed by atoms with van der Waals surface area (Å²) in [7, 11) is 1.48. The first-order chi connectivity index (χ1) is 20.2. The van der Waals surface area contributed by atoms with Crippen molar-refractivity contribution < 1.29 is 33.0 Å². The molecule has 1 amide bonds. The molecule has 2 aromatic carbocycles. The smallest absolute Gasteiger partial charge is 0.347 e. The van der Waals surface area contributed by atoms with E-state index in [4.69, 9.17) is 23.4 Å². The molecule has 220 valence electrons. The number of amides is 1. The number of nitrogens with one attached hydrogen (secondary N) is 1. The van der Waals surface area contributed by atoms with Crippen LogP contribution in [0.15, 0.2) is 74.7 Å². The molecule has 0 saturated carbocycles. The number of furan rings is 1. The summed E-state index contributed by atoms with van der Waals surface area (Å²) in [5.41, 5.74) is 6.25. The number of nitrogens with zero attached hydrogens (tertiary/aromatic N) is 2.